The van der Waals surface area contributed by atoms with E-state index < -0.39 is 23.3 Å². The zero-order valence-electron chi connectivity index (χ0n) is 12.2. The number of unbranched alkanes of at least 4 members (excludes halogenated alkanes) is 3. The van der Waals surface area contributed by atoms with Crippen LogP contribution in [0.25, 0.3) is 0 Å². The van der Waals surface area contributed by atoms with Crippen LogP contribution < -0.4 is 69.3 Å². The minimum atomic E-state index is -1.84. The molecule has 0 spiro atoms. The molecular weight excluding hydrogens is 254 g/mol. The standard InChI is InChI=1S/C12H22O4.2Na/c1-4-5-6-7-8-12(9(2)3,10(13)14)11(15)16;;/h9H,4-8H2,1-3H3,(H,13,14)(H,15,16);;/q;2*+1/p-2. The summed E-state index contributed by atoms with van der Waals surface area (Å²) in [5, 5.41) is 22.1. The van der Waals surface area contributed by atoms with Crippen LogP contribution in [0.1, 0.15) is 52.9 Å². The van der Waals surface area contributed by atoms with Crippen molar-refractivity contribution >= 4 is 11.9 Å². The van der Waals surface area contributed by atoms with Crippen molar-refractivity contribution in [1.82, 2.24) is 0 Å². The summed E-state index contributed by atoms with van der Waals surface area (Å²) >= 11 is 0. The van der Waals surface area contributed by atoms with Crippen LogP contribution in [0, 0.1) is 11.3 Å². The van der Waals surface area contributed by atoms with Gasteiger partial charge >= 0.3 is 59.1 Å². The molecule has 0 aromatic heterocycles. The Hall–Kier alpha value is 0.940. The van der Waals surface area contributed by atoms with Crippen molar-refractivity contribution in [3.8, 4) is 0 Å². The monoisotopic (exact) mass is 274 g/mol. The van der Waals surface area contributed by atoms with Gasteiger partial charge in [-0.05, 0) is 12.3 Å². The van der Waals surface area contributed by atoms with E-state index in [1.165, 1.54) is 0 Å². The first-order valence-corrected chi connectivity index (χ1v) is 5.82. The molecule has 0 radical (unpaired) electrons. The third-order valence-electron chi connectivity index (χ3n) is 3.14. The molecule has 0 heterocycles. The molecule has 0 unspecified atom stereocenters. The van der Waals surface area contributed by atoms with E-state index in [-0.39, 0.29) is 65.5 Å². The number of hydrogen-bond acceptors (Lipinski definition) is 4. The van der Waals surface area contributed by atoms with Gasteiger partial charge in [0.2, 0.25) is 0 Å². The van der Waals surface area contributed by atoms with E-state index in [0.29, 0.717) is 6.42 Å². The van der Waals surface area contributed by atoms with Crippen molar-refractivity contribution in [1.29, 1.82) is 0 Å². The van der Waals surface area contributed by atoms with E-state index in [2.05, 4.69) is 0 Å². The molecule has 4 nitrogen and oxygen atoms in total. The Morgan fingerprint density at radius 3 is 1.72 bits per heavy atom. The summed E-state index contributed by atoms with van der Waals surface area (Å²) in [4.78, 5) is 22.1. The minimum Gasteiger partial charge on any atom is -0.549 e. The molecule has 0 saturated carbocycles. The molecule has 0 aromatic rings. The topological polar surface area (TPSA) is 80.3 Å². The molecule has 94 valence electrons. The molecule has 0 rings (SSSR count). The summed E-state index contributed by atoms with van der Waals surface area (Å²) in [6.07, 6.45) is 3.51. The summed E-state index contributed by atoms with van der Waals surface area (Å²) in [5.74, 6) is -3.58. The van der Waals surface area contributed by atoms with Crippen LogP contribution in [-0.4, -0.2) is 11.9 Å². The van der Waals surface area contributed by atoms with Crippen molar-refractivity contribution in [2.75, 3.05) is 0 Å². The number of carbonyl (C=O) groups is 2. The first-order chi connectivity index (χ1) is 7.39. The Morgan fingerprint density at radius 1 is 1.00 bits per heavy atom. The number of aliphatic carboxylic acids is 2. The van der Waals surface area contributed by atoms with E-state index >= 15 is 0 Å². The zero-order valence-corrected chi connectivity index (χ0v) is 16.2. The van der Waals surface area contributed by atoms with Crippen molar-refractivity contribution in [3.63, 3.8) is 0 Å². The quantitative estimate of drug-likeness (QED) is 0.251. The second kappa shape index (κ2) is 11.7. The van der Waals surface area contributed by atoms with Crippen molar-refractivity contribution in [2.24, 2.45) is 11.3 Å². The fourth-order valence-electron chi connectivity index (χ4n) is 1.88. The number of hydrogen-bond donors (Lipinski definition) is 0. The van der Waals surface area contributed by atoms with Gasteiger partial charge in [-0.1, -0.05) is 46.5 Å². The third kappa shape index (κ3) is 6.40. The van der Waals surface area contributed by atoms with Crippen LogP contribution in [0.5, 0.6) is 0 Å². The molecule has 0 atom stereocenters. The minimum absolute atomic E-state index is 0. The number of carboxylic acids is 2. The summed E-state index contributed by atoms with van der Waals surface area (Å²) < 4.78 is 0. The number of carbonyl (C=O) groups excluding carboxylic acids is 2. The van der Waals surface area contributed by atoms with Crippen LogP contribution in [0.2, 0.25) is 0 Å². The second-order valence-electron chi connectivity index (χ2n) is 4.51. The summed E-state index contributed by atoms with van der Waals surface area (Å²) in [6, 6.07) is 0. The molecular formula is C12H20Na2O4. The van der Waals surface area contributed by atoms with E-state index in [1.54, 1.807) is 13.8 Å². The van der Waals surface area contributed by atoms with Crippen LogP contribution in [0.4, 0.5) is 0 Å². The number of carboxylic acid groups (broad SMARTS) is 2. The third-order valence-corrected chi connectivity index (χ3v) is 3.14. The first-order valence-electron chi connectivity index (χ1n) is 5.82. The molecule has 0 aliphatic heterocycles. The number of rotatable bonds is 8. The Labute approximate surface area is 153 Å². The first kappa shape index (κ1) is 24.0. The van der Waals surface area contributed by atoms with Gasteiger partial charge in [-0.25, -0.2) is 0 Å². The SMILES string of the molecule is CCCCCCC(C(=O)[O-])(C(=O)[O-])C(C)C.[Na+].[Na+]. The normalized spacial score (nSPS) is 10.4. The van der Waals surface area contributed by atoms with Gasteiger partial charge in [0, 0.05) is 0 Å². The van der Waals surface area contributed by atoms with Gasteiger partial charge in [-0.15, -0.1) is 0 Å². The molecule has 0 bridgehead atoms. The van der Waals surface area contributed by atoms with E-state index in [1.807, 2.05) is 6.92 Å². The fourth-order valence-corrected chi connectivity index (χ4v) is 1.88. The van der Waals surface area contributed by atoms with Gasteiger partial charge in [0.15, 0.2) is 0 Å². The van der Waals surface area contributed by atoms with Gasteiger partial charge in [0.05, 0.1) is 17.4 Å². The van der Waals surface area contributed by atoms with Gasteiger partial charge in [-0.2, -0.15) is 0 Å². The fraction of sp³-hybridized carbons (Fsp3) is 0.833. The van der Waals surface area contributed by atoms with Crippen LogP contribution in [0.3, 0.4) is 0 Å². The van der Waals surface area contributed by atoms with Gasteiger partial charge < -0.3 is 19.8 Å². The Balaban J connectivity index is -0.00000112. The van der Waals surface area contributed by atoms with Gasteiger partial charge in [-0.3, -0.25) is 0 Å². The average molecular weight is 274 g/mol. The van der Waals surface area contributed by atoms with Crippen molar-refractivity contribution in [3.05, 3.63) is 0 Å². The van der Waals surface area contributed by atoms with Crippen molar-refractivity contribution in [2.45, 2.75) is 52.9 Å². The maximum Gasteiger partial charge on any atom is 1.00 e. The predicted octanol–water partition coefficient (Wildman–Crippen LogP) is -5.89. The second-order valence-corrected chi connectivity index (χ2v) is 4.51. The van der Waals surface area contributed by atoms with Gasteiger partial charge in [0.25, 0.3) is 0 Å². The maximum absolute atomic E-state index is 11.0. The average Bonchev–Trinajstić information content (AvgIpc) is 2.16. The Kier molecular flexibility index (Phi) is 15.6. The predicted molar refractivity (Wildman–Crippen MR) is 56.0 cm³/mol. The molecule has 0 fully saturated rings. The van der Waals surface area contributed by atoms with E-state index in [9.17, 15) is 19.8 Å². The largest absolute Gasteiger partial charge is 1.00 e. The molecule has 0 aliphatic carbocycles. The Bertz CT molecular complexity index is 240. The molecule has 6 heteroatoms. The van der Waals surface area contributed by atoms with Gasteiger partial charge in [0.1, 0.15) is 0 Å². The molecule has 0 aromatic carbocycles. The Morgan fingerprint density at radius 2 is 1.44 bits per heavy atom. The molecule has 0 amide bonds. The van der Waals surface area contributed by atoms with Crippen LogP contribution in [0.15, 0.2) is 0 Å². The molecule has 0 N–H and O–H groups in total. The van der Waals surface area contributed by atoms with Crippen LogP contribution in [-0.2, 0) is 9.59 Å². The smallest absolute Gasteiger partial charge is 0.549 e. The molecule has 0 saturated heterocycles. The molecule has 18 heavy (non-hydrogen) atoms. The molecule has 0 aliphatic rings. The zero-order chi connectivity index (χ0) is 12.8. The summed E-state index contributed by atoms with van der Waals surface area (Å²) in [7, 11) is 0. The van der Waals surface area contributed by atoms with Crippen molar-refractivity contribution < 1.29 is 78.9 Å². The summed E-state index contributed by atoms with van der Waals surface area (Å²) in [5.41, 5.74) is -1.84. The summed E-state index contributed by atoms with van der Waals surface area (Å²) in [6.45, 7) is 5.18. The maximum atomic E-state index is 11.0. The van der Waals surface area contributed by atoms with Crippen LogP contribution >= 0.6 is 0 Å². The van der Waals surface area contributed by atoms with E-state index in [4.69, 9.17) is 0 Å². The van der Waals surface area contributed by atoms with E-state index in [0.717, 1.165) is 19.3 Å².